The van der Waals surface area contributed by atoms with Crippen molar-refractivity contribution >= 4 is 32.4 Å². The van der Waals surface area contributed by atoms with Crippen molar-refractivity contribution in [2.24, 2.45) is 5.73 Å². The van der Waals surface area contributed by atoms with E-state index in [4.69, 9.17) is 17.3 Å². The zero-order valence-electron chi connectivity index (χ0n) is 9.85. The molecular formula is C10H15ClN2O3S2. The fraction of sp³-hybridized carbons (Fsp3) is 0.400. The van der Waals surface area contributed by atoms with E-state index in [0.29, 0.717) is 10.6 Å². The Labute approximate surface area is 114 Å². The number of rotatable bonds is 6. The highest BCUT2D eigenvalue weighted by Crippen LogP contribution is 2.20. The molecule has 0 aliphatic rings. The summed E-state index contributed by atoms with van der Waals surface area (Å²) in [6, 6.07) is 4.38. The summed E-state index contributed by atoms with van der Waals surface area (Å²) in [5, 5.41) is 0.319. The first-order valence-electron chi connectivity index (χ1n) is 5.15. The summed E-state index contributed by atoms with van der Waals surface area (Å²) in [4.78, 5) is 0.0755. The predicted octanol–water partition coefficient (Wildman–Crippen LogP) is 0.455. The van der Waals surface area contributed by atoms with Gasteiger partial charge in [-0.15, -0.1) is 0 Å². The van der Waals surface area contributed by atoms with Gasteiger partial charge in [0, 0.05) is 40.9 Å². The van der Waals surface area contributed by atoms with Crippen molar-refractivity contribution in [2.75, 3.05) is 18.6 Å². The molecular weight excluding hydrogens is 296 g/mol. The number of hydrogen-bond donors (Lipinski definition) is 2. The molecule has 8 heteroatoms. The monoisotopic (exact) mass is 310 g/mol. The van der Waals surface area contributed by atoms with Crippen molar-refractivity contribution in [3.63, 3.8) is 0 Å². The first-order chi connectivity index (χ1) is 8.36. The summed E-state index contributed by atoms with van der Waals surface area (Å²) < 4.78 is 36.9. The largest absolute Gasteiger partial charge is 0.326 e. The van der Waals surface area contributed by atoms with Gasteiger partial charge in [0.05, 0.1) is 4.90 Å². The van der Waals surface area contributed by atoms with Crippen LogP contribution in [0.1, 0.15) is 5.56 Å². The lowest BCUT2D eigenvalue weighted by atomic mass is 10.2. The van der Waals surface area contributed by atoms with Crippen molar-refractivity contribution in [3.05, 3.63) is 28.8 Å². The van der Waals surface area contributed by atoms with Crippen molar-refractivity contribution in [1.82, 2.24) is 4.72 Å². The summed E-state index contributed by atoms with van der Waals surface area (Å²) in [7, 11) is -4.65. The molecule has 1 unspecified atom stereocenters. The molecule has 3 N–H and O–H groups in total. The van der Waals surface area contributed by atoms with Gasteiger partial charge in [0.2, 0.25) is 10.0 Å². The predicted molar refractivity (Wildman–Crippen MR) is 73.5 cm³/mol. The van der Waals surface area contributed by atoms with Crippen LogP contribution in [0.5, 0.6) is 0 Å². The van der Waals surface area contributed by atoms with Crippen LogP contribution in [0.4, 0.5) is 0 Å². The molecule has 1 aromatic carbocycles. The molecule has 18 heavy (non-hydrogen) atoms. The summed E-state index contributed by atoms with van der Waals surface area (Å²) in [5.41, 5.74) is 6.13. The van der Waals surface area contributed by atoms with Gasteiger partial charge in [0.15, 0.2) is 0 Å². The SMILES string of the molecule is CS(=O)CCNS(=O)(=O)c1ccc(CN)c(Cl)c1. The van der Waals surface area contributed by atoms with E-state index in [0.717, 1.165) is 0 Å². The molecule has 0 bridgehead atoms. The van der Waals surface area contributed by atoms with Crippen molar-refractivity contribution in [2.45, 2.75) is 11.4 Å². The van der Waals surface area contributed by atoms with E-state index < -0.39 is 20.8 Å². The minimum absolute atomic E-state index is 0.0755. The minimum Gasteiger partial charge on any atom is -0.326 e. The van der Waals surface area contributed by atoms with Crippen LogP contribution in [0.2, 0.25) is 5.02 Å². The number of nitrogens with two attached hydrogens (primary N) is 1. The van der Waals surface area contributed by atoms with E-state index in [1.807, 2.05) is 0 Å². The number of hydrogen-bond acceptors (Lipinski definition) is 4. The molecule has 0 aliphatic carbocycles. The highest BCUT2D eigenvalue weighted by molar-refractivity contribution is 7.89. The smallest absolute Gasteiger partial charge is 0.240 e. The third-order valence-corrected chi connectivity index (χ3v) is 4.83. The second-order valence-corrected chi connectivity index (χ2v) is 7.36. The van der Waals surface area contributed by atoms with Crippen LogP contribution in [0, 0.1) is 0 Å². The van der Waals surface area contributed by atoms with Gasteiger partial charge in [0.25, 0.3) is 0 Å². The van der Waals surface area contributed by atoms with Gasteiger partial charge in [0.1, 0.15) is 0 Å². The number of sulfonamides is 1. The quantitative estimate of drug-likeness (QED) is 0.798. The third-order valence-electron chi connectivity index (χ3n) is 2.24. The zero-order chi connectivity index (χ0) is 13.8. The van der Waals surface area contributed by atoms with E-state index >= 15 is 0 Å². The normalized spacial score (nSPS) is 13.5. The average Bonchev–Trinajstić information content (AvgIpc) is 2.28. The highest BCUT2D eigenvalue weighted by atomic mass is 35.5. The maximum absolute atomic E-state index is 11.9. The lowest BCUT2D eigenvalue weighted by Crippen LogP contribution is -2.27. The van der Waals surface area contributed by atoms with E-state index in [-0.39, 0.29) is 23.7 Å². The first kappa shape index (κ1) is 15.6. The Morgan fingerprint density at radius 3 is 2.61 bits per heavy atom. The van der Waals surface area contributed by atoms with Gasteiger partial charge in [-0.3, -0.25) is 4.21 Å². The number of halogens is 1. The summed E-state index contributed by atoms with van der Waals surface area (Å²) in [6.45, 7) is 0.378. The molecule has 102 valence electrons. The third kappa shape index (κ3) is 4.33. The molecule has 0 saturated carbocycles. The second kappa shape index (κ2) is 6.63. The molecule has 0 heterocycles. The number of nitrogens with one attached hydrogen (secondary N) is 1. The molecule has 0 fully saturated rings. The molecule has 0 aromatic heterocycles. The lowest BCUT2D eigenvalue weighted by Gasteiger charge is -2.08. The van der Waals surface area contributed by atoms with Crippen molar-refractivity contribution in [3.8, 4) is 0 Å². The minimum atomic E-state index is -3.61. The molecule has 0 spiro atoms. The fourth-order valence-electron chi connectivity index (χ4n) is 1.26. The second-order valence-electron chi connectivity index (χ2n) is 3.63. The van der Waals surface area contributed by atoms with Crippen LogP contribution >= 0.6 is 11.6 Å². The Morgan fingerprint density at radius 2 is 2.11 bits per heavy atom. The van der Waals surface area contributed by atoms with Gasteiger partial charge in [-0.2, -0.15) is 0 Å². The fourth-order valence-corrected chi connectivity index (χ4v) is 3.16. The summed E-state index contributed by atoms with van der Waals surface area (Å²) in [6.07, 6.45) is 1.52. The molecule has 0 amide bonds. The molecule has 1 rings (SSSR count). The molecule has 1 atom stereocenters. The molecule has 0 saturated heterocycles. The Kier molecular flexibility index (Phi) is 5.74. The van der Waals surface area contributed by atoms with E-state index in [1.54, 1.807) is 6.07 Å². The van der Waals surface area contributed by atoms with Crippen molar-refractivity contribution < 1.29 is 12.6 Å². The van der Waals surface area contributed by atoms with Gasteiger partial charge >= 0.3 is 0 Å². The topological polar surface area (TPSA) is 89.3 Å². The zero-order valence-corrected chi connectivity index (χ0v) is 12.2. The number of benzene rings is 1. The molecule has 5 nitrogen and oxygen atoms in total. The first-order valence-corrected chi connectivity index (χ1v) is 8.74. The van der Waals surface area contributed by atoms with Crippen LogP contribution in [0.3, 0.4) is 0 Å². The lowest BCUT2D eigenvalue weighted by molar-refractivity contribution is 0.584. The van der Waals surface area contributed by atoms with E-state index in [2.05, 4.69) is 4.72 Å². The molecule has 0 aliphatic heterocycles. The van der Waals surface area contributed by atoms with Gasteiger partial charge in [-0.25, -0.2) is 13.1 Å². The van der Waals surface area contributed by atoms with E-state index in [1.165, 1.54) is 18.4 Å². The van der Waals surface area contributed by atoms with Gasteiger partial charge in [-0.05, 0) is 17.7 Å². The van der Waals surface area contributed by atoms with Crippen LogP contribution in [0.25, 0.3) is 0 Å². The standard InChI is InChI=1S/C10H15ClN2O3S2/c1-17(14)5-4-13-18(15,16)9-3-2-8(7-12)10(11)6-9/h2-3,6,13H,4-5,7,12H2,1H3. The van der Waals surface area contributed by atoms with Crippen LogP contribution in [-0.4, -0.2) is 31.2 Å². The van der Waals surface area contributed by atoms with Crippen LogP contribution < -0.4 is 10.5 Å². The van der Waals surface area contributed by atoms with Gasteiger partial charge in [-0.1, -0.05) is 17.7 Å². The highest BCUT2D eigenvalue weighted by Gasteiger charge is 2.14. The maximum atomic E-state index is 11.9. The average molecular weight is 311 g/mol. The molecule has 1 aromatic rings. The van der Waals surface area contributed by atoms with Crippen LogP contribution in [-0.2, 0) is 27.4 Å². The van der Waals surface area contributed by atoms with Crippen molar-refractivity contribution in [1.29, 1.82) is 0 Å². The van der Waals surface area contributed by atoms with E-state index in [9.17, 15) is 12.6 Å². The Hall–Kier alpha value is -0.470. The van der Waals surface area contributed by atoms with Gasteiger partial charge < -0.3 is 5.73 Å². The summed E-state index contributed by atoms with van der Waals surface area (Å²) in [5.74, 6) is 0.272. The Morgan fingerprint density at radius 1 is 1.44 bits per heavy atom. The molecule has 0 radical (unpaired) electrons. The van der Waals surface area contributed by atoms with Crippen LogP contribution in [0.15, 0.2) is 23.1 Å². The Bertz CT molecular complexity index is 546. The summed E-state index contributed by atoms with van der Waals surface area (Å²) >= 11 is 5.90. The Balaban J connectivity index is 2.85. The maximum Gasteiger partial charge on any atom is 0.240 e.